The van der Waals surface area contributed by atoms with Gasteiger partial charge in [-0.1, -0.05) is 45.8 Å². The van der Waals surface area contributed by atoms with Gasteiger partial charge in [-0.25, -0.2) is 4.98 Å². The van der Waals surface area contributed by atoms with Crippen LogP contribution in [0.5, 0.6) is 0 Å². The van der Waals surface area contributed by atoms with E-state index in [4.69, 9.17) is 0 Å². The normalized spacial score (nSPS) is 10.4. The molecule has 0 aliphatic heterocycles. The molecule has 0 radical (unpaired) electrons. The monoisotopic (exact) mass is 267 g/mol. The van der Waals surface area contributed by atoms with E-state index in [0.717, 1.165) is 10.3 Å². The topological polar surface area (TPSA) is 12.9 Å². The molecule has 3 heteroatoms. The molecule has 0 unspecified atom stereocenters. The van der Waals surface area contributed by atoms with Crippen molar-refractivity contribution >= 4 is 27.3 Å². The van der Waals surface area contributed by atoms with Gasteiger partial charge in [0.25, 0.3) is 0 Å². The summed E-state index contributed by atoms with van der Waals surface area (Å²) in [6.07, 6.45) is 1.93. The lowest BCUT2D eigenvalue weighted by molar-refractivity contribution is 1.37. The fourth-order valence-electron chi connectivity index (χ4n) is 1.20. The molecule has 0 aliphatic rings. The van der Waals surface area contributed by atoms with Crippen LogP contribution < -0.4 is 0 Å². The van der Waals surface area contributed by atoms with Crippen LogP contribution in [0, 0.1) is 6.92 Å². The number of rotatable bonds is 2. The van der Waals surface area contributed by atoms with Crippen molar-refractivity contribution in [2.75, 3.05) is 0 Å². The van der Waals surface area contributed by atoms with Gasteiger partial charge in [-0.2, -0.15) is 0 Å². The number of benzene rings is 1. The maximum Gasteiger partial charge on any atom is 0.123 e. The van der Waals surface area contributed by atoms with E-state index in [0.29, 0.717) is 0 Å². The lowest BCUT2D eigenvalue weighted by Gasteiger charge is -1.95. The first-order chi connectivity index (χ1) is 6.79. The summed E-state index contributed by atoms with van der Waals surface area (Å²) in [5.74, 6) is 0. The van der Waals surface area contributed by atoms with Crippen molar-refractivity contribution < 1.29 is 0 Å². The third-order valence-corrected chi connectivity index (χ3v) is 4.01. The summed E-state index contributed by atoms with van der Waals surface area (Å²) in [7, 11) is 0. The van der Waals surface area contributed by atoms with E-state index >= 15 is 0 Å². The summed E-state index contributed by atoms with van der Waals surface area (Å²) >= 11 is 5.16. The number of hydrogen-bond acceptors (Lipinski definition) is 2. The Morgan fingerprint density at radius 2 is 2.00 bits per heavy atom. The first-order valence-electron chi connectivity index (χ1n) is 4.37. The second kappa shape index (κ2) is 4.24. The number of aromatic nitrogens is 1. The van der Waals surface area contributed by atoms with Crippen LogP contribution in [-0.2, 0) is 5.33 Å². The molecule has 0 saturated carbocycles. The summed E-state index contributed by atoms with van der Waals surface area (Å²) in [5.41, 5.74) is 2.49. The lowest BCUT2D eigenvalue weighted by Crippen LogP contribution is -1.75. The second-order valence-electron chi connectivity index (χ2n) is 3.13. The predicted molar refractivity (Wildman–Crippen MR) is 64.9 cm³/mol. The van der Waals surface area contributed by atoms with Gasteiger partial charge >= 0.3 is 0 Å². The highest BCUT2D eigenvalue weighted by Gasteiger charge is 2.02. The fourth-order valence-corrected chi connectivity index (χ4v) is 2.45. The van der Waals surface area contributed by atoms with Crippen molar-refractivity contribution in [2.24, 2.45) is 0 Å². The Balaban J connectivity index is 2.34. The predicted octanol–water partition coefficient (Wildman–Crippen LogP) is 4.01. The molecule has 0 N–H and O–H groups in total. The van der Waals surface area contributed by atoms with E-state index in [1.54, 1.807) is 11.3 Å². The van der Waals surface area contributed by atoms with E-state index in [1.165, 1.54) is 16.0 Å². The number of aryl methyl sites for hydroxylation is 1. The highest BCUT2D eigenvalue weighted by atomic mass is 79.9. The van der Waals surface area contributed by atoms with Crippen molar-refractivity contribution in [1.82, 2.24) is 4.98 Å². The quantitative estimate of drug-likeness (QED) is 0.750. The SMILES string of the molecule is Cc1ccc(-c2ncc(CBr)s2)cc1. The van der Waals surface area contributed by atoms with Gasteiger partial charge in [0.2, 0.25) is 0 Å². The van der Waals surface area contributed by atoms with E-state index in [9.17, 15) is 0 Å². The number of halogens is 1. The molecule has 0 spiro atoms. The molecule has 14 heavy (non-hydrogen) atoms. The van der Waals surface area contributed by atoms with Crippen LogP contribution in [0.1, 0.15) is 10.4 Å². The molecule has 1 nitrogen and oxygen atoms in total. The van der Waals surface area contributed by atoms with Gasteiger partial charge in [-0.15, -0.1) is 11.3 Å². The van der Waals surface area contributed by atoms with Crippen molar-refractivity contribution in [2.45, 2.75) is 12.3 Å². The Kier molecular flexibility index (Phi) is 2.99. The summed E-state index contributed by atoms with van der Waals surface area (Å²) in [4.78, 5) is 5.64. The van der Waals surface area contributed by atoms with E-state index in [-0.39, 0.29) is 0 Å². The number of nitrogens with zero attached hydrogens (tertiary/aromatic N) is 1. The van der Waals surface area contributed by atoms with Gasteiger partial charge in [0.1, 0.15) is 5.01 Å². The van der Waals surface area contributed by atoms with Gasteiger partial charge in [0.05, 0.1) is 0 Å². The Morgan fingerprint density at radius 1 is 1.29 bits per heavy atom. The first kappa shape index (κ1) is 9.87. The zero-order chi connectivity index (χ0) is 9.97. The Labute approximate surface area is 95.9 Å². The molecule has 0 saturated heterocycles. The number of alkyl halides is 1. The van der Waals surface area contributed by atoms with Crippen molar-refractivity contribution in [3.63, 3.8) is 0 Å². The van der Waals surface area contributed by atoms with Gasteiger partial charge in [-0.05, 0) is 6.92 Å². The molecule has 0 atom stereocenters. The molecule has 0 amide bonds. The Morgan fingerprint density at radius 3 is 2.57 bits per heavy atom. The zero-order valence-electron chi connectivity index (χ0n) is 7.83. The third-order valence-electron chi connectivity index (χ3n) is 1.98. The molecule has 72 valence electrons. The van der Waals surface area contributed by atoms with Gasteiger partial charge in [0.15, 0.2) is 0 Å². The highest BCUT2D eigenvalue weighted by Crippen LogP contribution is 2.26. The number of hydrogen-bond donors (Lipinski definition) is 0. The largest absolute Gasteiger partial charge is 0.244 e. The van der Waals surface area contributed by atoms with Gasteiger partial charge < -0.3 is 0 Å². The molecule has 0 aliphatic carbocycles. The Bertz CT molecular complexity index is 419. The van der Waals surface area contributed by atoms with Gasteiger partial charge in [0, 0.05) is 22.0 Å². The van der Waals surface area contributed by atoms with Crippen LogP contribution in [0.15, 0.2) is 30.5 Å². The smallest absolute Gasteiger partial charge is 0.123 e. The fraction of sp³-hybridized carbons (Fsp3) is 0.182. The van der Waals surface area contributed by atoms with Crippen molar-refractivity contribution in [1.29, 1.82) is 0 Å². The summed E-state index contributed by atoms with van der Waals surface area (Å²) in [6, 6.07) is 8.47. The molecule has 2 rings (SSSR count). The molecule has 0 bridgehead atoms. The van der Waals surface area contributed by atoms with Crippen molar-refractivity contribution in [3.8, 4) is 10.6 Å². The zero-order valence-corrected chi connectivity index (χ0v) is 10.2. The summed E-state index contributed by atoms with van der Waals surface area (Å²) < 4.78 is 0. The Hall–Kier alpha value is -0.670. The van der Waals surface area contributed by atoms with Crippen LogP contribution in [0.2, 0.25) is 0 Å². The van der Waals surface area contributed by atoms with E-state index in [1.807, 2.05) is 6.20 Å². The molecular formula is C11H10BrNS. The number of thiazole rings is 1. The molecule has 2 aromatic rings. The first-order valence-corrected chi connectivity index (χ1v) is 6.31. The summed E-state index contributed by atoms with van der Waals surface area (Å²) in [6.45, 7) is 2.09. The standard InChI is InChI=1S/C11H10BrNS/c1-8-2-4-9(5-3-8)11-13-7-10(6-12)14-11/h2-5,7H,6H2,1H3. The molecule has 1 heterocycles. The maximum absolute atomic E-state index is 4.38. The van der Waals surface area contributed by atoms with E-state index < -0.39 is 0 Å². The minimum atomic E-state index is 0.885. The highest BCUT2D eigenvalue weighted by molar-refractivity contribution is 9.08. The average molecular weight is 268 g/mol. The molecule has 1 aromatic heterocycles. The lowest BCUT2D eigenvalue weighted by atomic mass is 10.2. The van der Waals surface area contributed by atoms with E-state index in [2.05, 4.69) is 52.1 Å². The maximum atomic E-state index is 4.38. The van der Waals surface area contributed by atoms with Crippen molar-refractivity contribution in [3.05, 3.63) is 40.9 Å². The molecule has 0 fully saturated rings. The van der Waals surface area contributed by atoms with Gasteiger partial charge in [-0.3, -0.25) is 0 Å². The van der Waals surface area contributed by atoms with Crippen LogP contribution in [-0.4, -0.2) is 4.98 Å². The third kappa shape index (κ3) is 2.04. The van der Waals surface area contributed by atoms with Crippen LogP contribution >= 0.6 is 27.3 Å². The minimum absolute atomic E-state index is 0.885. The molecule has 1 aromatic carbocycles. The van der Waals surface area contributed by atoms with Crippen LogP contribution in [0.25, 0.3) is 10.6 Å². The second-order valence-corrected chi connectivity index (χ2v) is 4.81. The van der Waals surface area contributed by atoms with Crippen LogP contribution in [0.3, 0.4) is 0 Å². The van der Waals surface area contributed by atoms with Crippen LogP contribution in [0.4, 0.5) is 0 Å². The minimum Gasteiger partial charge on any atom is -0.244 e. The summed E-state index contributed by atoms with van der Waals surface area (Å²) in [5, 5.41) is 1.98. The average Bonchev–Trinajstić information content (AvgIpc) is 2.67. The molecular weight excluding hydrogens is 258 g/mol.